The lowest BCUT2D eigenvalue weighted by molar-refractivity contribution is -0.171. The number of likely N-dealkylation sites (tertiary alicyclic amines) is 1. The van der Waals surface area contributed by atoms with Gasteiger partial charge in [-0.2, -0.15) is 13.9 Å². The van der Waals surface area contributed by atoms with Crippen LogP contribution in [0, 0.1) is 12.8 Å². The van der Waals surface area contributed by atoms with E-state index in [1.807, 2.05) is 30.7 Å². The summed E-state index contributed by atoms with van der Waals surface area (Å²) in [5.74, 6) is -3.98. The summed E-state index contributed by atoms with van der Waals surface area (Å²) in [6.45, 7) is 8.26. The molecule has 1 aromatic carbocycles. The molecule has 4 atom stereocenters. The van der Waals surface area contributed by atoms with Gasteiger partial charge in [-0.1, -0.05) is 36.2 Å². The third-order valence-corrected chi connectivity index (χ3v) is 8.91. The Balaban J connectivity index is 1.34. The van der Waals surface area contributed by atoms with Gasteiger partial charge in [0, 0.05) is 41.6 Å². The van der Waals surface area contributed by atoms with E-state index in [0.717, 1.165) is 55.6 Å². The van der Waals surface area contributed by atoms with Crippen LogP contribution in [0.1, 0.15) is 56.8 Å². The topological polar surface area (TPSA) is 76.4 Å². The van der Waals surface area contributed by atoms with Crippen LogP contribution in [0.5, 0.6) is 0 Å². The first-order valence-electron chi connectivity index (χ1n) is 13.6. The molecule has 0 aliphatic carbocycles. The van der Waals surface area contributed by atoms with Gasteiger partial charge >= 0.3 is 11.9 Å². The Morgan fingerprint density at radius 1 is 1.25 bits per heavy atom. The highest BCUT2D eigenvalue weighted by Gasteiger charge is 2.46. The predicted molar refractivity (Wildman–Crippen MR) is 151 cm³/mol. The first kappa shape index (κ1) is 29.0. The molecule has 8 nitrogen and oxygen atoms in total. The van der Waals surface area contributed by atoms with Gasteiger partial charge < -0.3 is 9.64 Å². The molecular formula is C28H34Cl2F2N6O2. The van der Waals surface area contributed by atoms with E-state index in [-0.39, 0.29) is 24.0 Å². The van der Waals surface area contributed by atoms with E-state index in [4.69, 9.17) is 38.3 Å². The molecule has 0 spiro atoms. The van der Waals surface area contributed by atoms with Crippen molar-refractivity contribution in [2.24, 2.45) is 5.92 Å². The molecular weight excluding hydrogens is 561 g/mol. The monoisotopic (exact) mass is 594 g/mol. The lowest BCUT2D eigenvalue weighted by Crippen LogP contribution is -2.53. The number of halogens is 4. The Kier molecular flexibility index (Phi) is 8.23. The third-order valence-electron chi connectivity index (χ3n) is 8.35. The molecule has 2 aliphatic heterocycles. The number of aryl methyl sites for hydroxylation is 1. The van der Waals surface area contributed by atoms with E-state index in [2.05, 4.69) is 21.5 Å². The van der Waals surface area contributed by atoms with Gasteiger partial charge in [0.25, 0.3) is 0 Å². The number of piperidine rings is 1. The molecule has 40 heavy (non-hydrogen) atoms. The van der Waals surface area contributed by atoms with Crippen LogP contribution in [0.15, 0.2) is 24.4 Å². The van der Waals surface area contributed by atoms with Crippen molar-refractivity contribution in [3.8, 4) is 0 Å². The van der Waals surface area contributed by atoms with Crippen LogP contribution in [0.3, 0.4) is 0 Å². The summed E-state index contributed by atoms with van der Waals surface area (Å²) in [6.07, 6.45) is 3.57. The van der Waals surface area contributed by atoms with Gasteiger partial charge in [-0.25, -0.2) is 19.4 Å². The maximum Gasteiger partial charge on any atom is 0.376 e. The summed E-state index contributed by atoms with van der Waals surface area (Å²) in [4.78, 5) is 25.7. The van der Waals surface area contributed by atoms with Crippen LogP contribution in [-0.2, 0) is 9.53 Å². The van der Waals surface area contributed by atoms with Crippen LogP contribution in [0.2, 0.25) is 10.0 Å². The number of nitrogens with zero attached hydrogens (tertiary/aromatic N) is 6. The number of carbonyl (C=O) groups excluding carboxylic acids is 1. The second-order valence-corrected chi connectivity index (χ2v) is 11.8. The fourth-order valence-corrected chi connectivity index (χ4v) is 6.88. The largest absolute Gasteiger partial charge is 0.465 e. The molecule has 12 heteroatoms. The van der Waals surface area contributed by atoms with Crippen LogP contribution in [-0.4, -0.2) is 75.4 Å². The van der Waals surface area contributed by atoms with Crippen LogP contribution >= 0.6 is 23.2 Å². The summed E-state index contributed by atoms with van der Waals surface area (Å²) in [6, 6.07) is 5.04. The first-order chi connectivity index (χ1) is 19.0. The van der Waals surface area contributed by atoms with Gasteiger partial charge in [-0.15, -0.1) is 0 Å². The van der Waals surface area contributed by atoms with E-state index in [0.29, 0.717) is 28.7 Å². The lowest BCUT2D eigenvalue weighted by atomic mass is 9.91. The van der Waals surface area contributed by atoms with Gasteiger partial charge in [-0.05, 0) is 63.3 Å². The maximum absolute atomic E-state index is 14.4. The van der Waals surface area contributed by atoms with Gasteiger partial charge in [0.2, 0.25) is 0 Å². The Morgan fingerprint density at radius 3 is 2.73 bits per heavy atom. The Bertz CT molecular complexity index is 1400. The molecule has 0 N–H and O–H groups in total. The number of esters is 1. The molecule has 216 valence electrons. The molecule has 2 fully saturated rings. The van der Waals surface area contributed by atoms with Gasteiger partial charge in [0.15, 0.2) is 5.65 Å². The summed E-state index contributed by atoms with van der Waals surface area (Å²) < 4.78 is 35.0. The molecule has 3 aromatic rings. The van der Waals surface area contributed by atoms with Crippen LogP contribution in [0.4, 0.5) is 14.6 Å². The molecule has 2 saturated heterocycles. The number of alkyl halides is 2. The van der Waals surface area contributed by atoms with E-state index < -0.39 is 18.3 Å². The quantitative estimate of drug-likeness (QED) is 0.314. The molecule has 2 aliphatic rings. The van der Waals surface area contributed by atoms with Crippen LogP contribution < -0.4 is 4.90 Å². The highest BCUT2D eigenvalue weighted by molar-refractivity contribution is 6.35. The standard InChI is InChI=1S/C28H34Cl2F2N6O2/c1-16-15-36(11-9-23(16)37-10-5-6-20(37)13-28(31,32)27(39)40-4)24-14-33-25-17(2)35-38(26(25)34-24)18(3)21-8-7-19(29)12-22(21)30/h7-8,12,14,16,18,20,23H,5-6,9-11,13,15H2,1-4H3/t16?,18-,20?,23?/m1/s1. The smallest absolute Gasteiger partial charge is 0.376 e. The summed E-state index contributed by atoms with van der Waals surface area (Å²) in [5, 5.41) is 5.86. The minimum atomic E-state index is -3.48. The number of aromatic nitrogens is 4. The predicted octanol–water partition coefficient (Wildman–Crippen LogP) is 5.93. The molecule has 0 bridgehead atoms. The molecule has 5 rings (SSSR count). The van der Waals surface area contributed by atoms with Crippen molar-refractivity contribution in [3.05, 3.63) is 45.7 Å². The van der Waals surface area contributed by atoms with Crippen molar-refractivity contribution in [3.63, 3.8) is 0 Å². The van der Waals surface area contributed by atoms with Gasteiger partial charge in [0.1, 0.15) is 11.3 Å². The van der Waals surface area contributed by atoms with Gasteiger partial charge in [-0.3, -0.25) is 4.90 Å². The molecule has 3 unspecified atom stereocenters. The Morgan fingerprint density at radius 2 is 2.02 bits per heavy atom. The van der Waals surface area contributed by atoms with E-state index in [9.17, 15) is 13.6 Å². The SMILES string of the molecule is COC(=O)C(F)(F)CC1CCCN1C1CCN(c2cnc3c(C)nn([C@H](C)c4ccc(Cl)cc4Cl)c3n2)CC1C. The zero-order valence-electron chi connectivity index (χ0n) is 23.1. The molecule has 2 aromatic heterocycles. The number of hydrogen-bond donors (Lipinski definition) is 0. The van der Waals surface area contributed by atoms with Crippen molar-refractivity contribution in [2.45, 2.75) is 70.5 Å². The molecule has 0 saturated carbocycles. The van der Waals surface area contributed by atoms with Crippen LogP contribution in [0.25, 0.3) is 11.2 Å². The summed E-state index contributed by atoms with van der Waals surface area (Å²) in [5.41, 5.74) is 3.07. The van der Waals surface area contributed by atoms with E-state index in [1.54, 1.807) is 12.3 Å². The number of benzene rings is 1. The summed E-state index contributed by atoms with van der Waals surface area (Å²) >= 11 is 12.6. The second kappa shape index (κ2) is 11.4. The van der Waals surface area contributed by atoms with Crippen molar-refractivity contribution in [1.29, 1.82) is 0 Å². The maximum atomic E-state index is 14.4. The second-order valence-electron chi connectivity index (χ2n) is 11.0. The molecule has 0 amide bonds. The zero-order chi connectivity index (χ0) is 28.8. The van der Waals surface area contributed by atoms with E-state index in [1.165, 1.54) is 0 Å². The van der Waals surface area contributed by atoms with Crippen molar-refractivity contribution < 1.29 is 18.3 Å². The molecule has 0 radical (unpaired) electrons. The number of rotatable bonds is 7. The van der Waals surface area contributed by atoms with Crippen molar-refractivity contribution >= 4 is 46.2 Å². The summed E-state index contributed by atoms with van der Waals surface area (Å²) in [7, 11) is 1.00. The zero-order valence-corrected chi connectivity index (χ0v) is 24.6. The highest BCUT2D eigenvalue weighted by atomic mass is 35.5. The number of anilines is 1. The normalized spacial score (nSPS) is 23.1. The van der Waals surface area contributed by atoms with E-state index >= 15 is 0 Å². The minimum Gasteiger partial charge on any atom is -0.465 e. The van der Waals surface area contributed by atoms with Crippen molar-refractivity contribution in [2.75, 3.05) is 31.6 Å². The fraction of sp³-hybridized carbons (Fsp3) is 0.571. The van der Waals surface area contributed by atoms with Crippen molar-refractivity contribution in [1.82, 2.24) is 24.6 Å². The third kappa shape index (κ3) is 5.50. The first-order valence-corrected chi connectivity index (χ1v) is 14.4. The fourth-order valence-electron chi connectivity index (χ4n) is 6.31. The van der Waals surface area contributed by atoms with Gasteiger partial charge in [0.05, 0.1) is 25.0 Å². The Labute approximate surface area is 242 Å². The number of hydrogen-bond acceptors (Lipinski definition) is 7. The highest BCUT2D eigenvalue weighted by Crippen LogP contribution is 2.36. The average Bonchev–Trinajstić information content (AvgIpc) is 3.50. The Hall–Kier alpha value is -2.56. The lowest BCUT2D eigenvalue weighted by Gasteiger charge is -2.44. The number of fused-ring (bicyclic) bond motifs is 1. The number of ether oxygens (including phenoxy) is 1. The minimum absolute atomic E-state index is 0.147. The average molecular weight is 596 g/mol. The number of carbonyl (C=O) groups is 1. The molecule has 4 heterocycles. The number of methoxy groups -OCH3 is 1.